The second-order valence-electron chi connectivity index (χ2n) is 3.86. The molecule has 19 heavy (non-hydrogen) atoms. The highest BCUT2D eigenvalue weighted by molar-refractivity contribution is 9.10. The maximum absolute atomic E-state index is 5.72. The Labute approximate surface area is 124 Å². The van der Waals surface area contributed by atoms with Gasteiger partial charge < -0.3 is 9.47 Å². The van der Waals surface area contributed by atoms with Gasteiger partial charge in [0.15, 0.2) is 11.5 Å². The van der Waals surface area contributed by atoms with Gasteiger partial charge in [0, 0.05) is 15.4 Å². The molecule has 2 rings (SSSR count). The Bertz CT molecular complexity index is 559. The molecule has 0 amide bonds. The second-order valence-corrected chi connectivity index (χ2v) is 5.46. The Kier molecular flexibility index (Phi) is 4.81. The van der Waals surface area contributed by atoms with Crippen LogP contribution in [0.1, 0.15) is 17.2 Å². The van der Waals surface area contributed by atoms with Crippen LogP contribution in [0.15, 0.2) is 33.4 Å². The average molecular weight is 343 g/mol. The van der Waals surface area contributed by atoms with E-state index in [4.69, 9.17) is 15.3 Å². The molecule has 0 fully saturated rings. The van der Waals surface area contributed by atoms with E-state index in [0.717, 1.165) is 15.6 Å². The maximum Gasteiger partial charge on any atom is 0.165 e. The van der Waals surface area contributed by atoms with Crippen molar-refractivity contribution in [1.82, 2.24) is 5.43 Å². The van der Waals surface area contributed by atoms with E-state index in [2.05, 4.69) is 21.4 Å². The number of methoxy groups -OCH3 is 2. The minimum Gasteiger partial charge on any atom is -0.493 e. The molecule has 0 bridgehead atoms. The van der Waals surface area contributed by atoms with Crippen molar-refractivity contribution in [1.29, 1.82) is 0 Å². The number of halogens is 1. The highest BCUT2D eigenvalue weighted by atomic mass is 79.9. The topological polar surface area (TPSA) is 56.5 Å². The van der Waals surface area contributed by atoms with Crippen LogP contribution in [0.25, 0.3) is 0 Å². The van der Waals surface area contributed by atoms with Crippen molar-refractivity contribution in [2.75, 3.05) is 14.2 Å². The lowest BCUT2D eigenvalue weighted by atomic mass is 10.0. The van der Waals surface area contributed by atoms with Crippen LogP contribution in [0, 0.1) is 0 Å². The summed E-state index contributed by atoms with van der Waals surface area (Å²) in [4.78, 5) is 0. The number of para-hydroxylation sites is 1. The van der Waals surface area contributed by atoms with Gasteiger partial charge in [0.25, 0.3) is 0 Å². The molecule has 1 unspecified atom stereocenters. The summed E-state index contributed by atoms with van der Waals surface area (Å²) in [6.45, 7) is 0. The van der Waals surface area contributed by atoms with Crippen LogP contribution in [0.4, 0.5) is 0 Å². The lowest BCUT2D eigenvalue weighted by Crippen LogP contribution is -2.29. The van der Waals surface area contributed by atoms with Crippen molar-refractivity contribution in [3.8, 4) is 11.5 Å². The van der Waals surface area contributed by atoms with E-state index >= 15 is 0 Å². The SMILES string of the molecule is COc1cccc(C(NN)c2cscc2Br)c1OC. The predicted octanol–water partition coefficient (Wildman–Crippen LogP) is 3.08. The number of thiophene rings is 1. The van der Waals surface area contributed by atoms with Crippen molar-refractivity contribution < 1.29 is 9.47 Å². The van der Waals surface area contributed by atoms with Gasteiger partial charge in [-0.25, -0.2) is 5.43 Å². The number of ether oxygens (including phenoxy) is 2. The van der Waals surface area contributed by atoms with E-state index in [1.54, 1.807) is 25.6 Å². The fourth-order valence-electron chi connectivity index (χ4n) is 1.98. The first-order valence-electron chi connectivity index (χ1n) is 5.61. The molecule has 1 aromatic heterocycles. The Morgan fingerprint density at radius 2 is 2.00 bits per heavy atom. The van der Waals surface area contributed by atoms with E-state index in [-0.39, 0.29) is 6.04 Å². The molecule has 0 aliphatic heterocycles. The van der Waals surface area contributed by atoms with E-state index in [1.807, 2.05) is 29.0 Å². The molecular weight excluding hydrogens is 328 g/mol. The Hall–Kier alpha value is -1.08. The summed E-state index contributed by atoms with van der Waals surface area (Å²) in [6, 6.07) is 5.58. The quantitative estimate of drug-likeness (QED) is 0.647. The van der Waals surface area contributed by atoms with Crippen LogP contribution < -0.4 is 20.7 Å². The zero-order chi connectivity index (χ0) is 13.8. The molecule has 0 saturated heterocycles. The van der Waals surface area contributed by atoms with Crippen LogP contribution in [0.3, 0.4) is 0 Å². The standard InChI is InChI=1S/C13H15BrN2O2S/c1-17-11-5-3-4-8(13(11)18-2)12(16-15)9-6-19-7-10(9)14/h3-7,12,16H,15H2,1-2H3. The first kappa shape index (κ1) is 14.3. The number of rotatable bonds is 5. The summed E-state index contributed by atoms with van der Waals surface area (Å²) in [7, 11) is 3.24. The fraction of sp³-hybridized carbons (Fsp3) is 0.231. The second kappa shape index (κ2) is 6.38. The number of nitrogens with one attached hydrogen (secondary N) is 1. The minimum absolute atomic E-state index is 0.161. The molecule has 1 atom stereocenters. The summed E-state index contributed by atoms with van der Waals surface area (Å²) in [6.07, 6.45) is 0. The number of hydrogen-bond acceptors (Lipinski definition) is 5. The third-order valence-electron chi connectivity index (χ3n) is 2.86. The van der Waals surface area contributed by atoms with Crippen LogP contribution in [-0.2, 0) is 0 Å². The monoisotopic (exact) mass is 342 g/mol. The molecule has 1 heterocycles. The minimum atomic E-state index is -0.161. The zero-order valence-electron chi connectivity index (χ0n) is 10.6. The van der Waals surface area contributed by atoms with Gasteiger partial charge in [0.2, 0.25) is 0 Å². The van der Waals surface area contributed by atoms with Gasteiger partial charge in [0.1, 0.15) is 0 Å². The number of hydrazine groups is 1. The Balaban J connectivity index is 2.53. The van der Waals surface area contributed by atoms with Gasteiger partial charge in [0.05, 0.1) is 20.3 Å². The van der Waals surface area contributed by atoms with Crippen LogP contribution in [-0.4, -0.2) is 14.2 Å². The smallest absolute Gasteiger partial charge is 0.165 e. The zero-order valence-corrected chi connectivity index (χ0v) is 13.0. The van der Waals surface area contributed by atoms with Gasteiger partial charge in [-0.15, -0.1) is 0 Å². The van der Waals surface area contributed by atoms with Gasteiger partial charge >= 0.3 is 0 Å². The van der Waals surface area contributed by atoms with E-state index in [9.17, 15) is 0 Å². The largest absolute Gasteiger partial charge is 0.493 e. The summed E-state index contributed by atoms with van der Waals surface area (Å²) in [5, 5.41) is 4.07. The third-order valence-corrected chi connectivity index (χ3v) is 4.62. The van der Waals surface area contributed by atoms with Crippen molar-refractivity contribution in [2.24, 2.45) is 5.84 Å². The summed E-state index contributed by atoms with van der Waals surface area (Å²) in [5.41, 5.74) is 4.83. The number of benzene rings is 1. The number of hydrogen-bond donors (Lipinski definition) is 2. The van der Waals surface area contributed by atoms with Crippen molar-refractivity contribution in [3.63, 3.8) is 0 Å². The van der Waals surface area contributed by atoms with Crippen LogP contribution >= 0.6 is 27.3 Å². The molecule has 102 valence electrons. The molecule has 0 aliphatic rings. The van der Waals surface area contributed by atoms with E-state index in [1.165, 1.54) is 0 Å². The Morgan fingerprint density at radius 3 is 2.53 bits per heavy atom. The molecule has 0 saturated carbocycles. The first-order valence-corrected chi connectivity index (χ1v) is 7.35. The lowest BCUT2D eigenvalue weighted by molar-refractivity contribution is 0.349. The highest BCUT2D eigenvalue weighted by Gasteiger charge is 2.22. The lowest BCUT2D eigenvalue weighted by Gasteiger charge is -2.20. The van der Waals surface area contributed by atoms with Crippen LogP contribution in [0.2, 0.25) is 0 Å². The van der Waals surface area contributed by atoms with Crippen molar-refractivity contribution in [3.05, 3.63) is 44.6 Å². The highest BCUT2D eigenvalue weighted by Crippen LogP contribution is 2.39. The van der Waals surface area contributed by atoms with Crippen molar-refractivity contribution in [2.45, 2.75) is 6.04 Å². The molecule has 0 spiro atoms. The first-order chi connectivity index (χ1) is 9.22. The van der Waals surface area contributed by atoms with Crippen molar-refractivity contribution >= 4 is 27.3 Å². The van der Waals surface area contributed by atoms with Gasteiger partial charge in [-0.2, -0.15) is 11.3 Å². The molecule has 4 nitrogen and oxygen atoms in total. The number of nitrogens with two attached hydrogens (primary N) is 1. The molecule has 1 aromatic carbocycles. The molecular formula is C13H15BrN2O2S. The summed E-state index contributed by atoms with van der Waals surface area (Å²) in [5.74, 6) is 7.09. The molecule has 3 N–H and O–H groups in total. The van der Waals surface area contributed by atoms with E-state index in [0.29, 0.717) is 11.5 Å². The molecule has 0 aliphatic carbocycles. The molecule has 6 heteroatoms. The maximum atomic E-state index is 5.72. The third kappa shape index (κ3) is 2.76. The molecule has 0 radical (unpaired) electrons. The average Bonchev–Trinajstić information content (AvgIpc) is 2.85. The van der Waals surface area contributed by atoms with Crippen LogP contribution in [0.5, 0.6) is 11.5 Å². The van der Waals surface area contributed by atoms with Gasteiger partial charge in [-0.05, 0) is 32.9 Å². The predicted molar refractivity (Wildman–Crippen MR) is 80.7 cm³/mol. The van der Waals surface area contributed by atoms with Gasteiger partial charge in [-0.1, -0.05) is 12.1 Å². The fourth-order valence-corrected chi connectivity index (χ4v) is 3.54. The summed E-state index contributed by atoms with van der Waals surface area (Å²) >= 11 is 5.14. The molecule has 2 aromatic rings. The summed E-state index contributed by atoms with van der Waals surface area (Å²) < 4.78 is 11.8. The normalized spacial score (nSPS) is 12.2. The van der Waals surface area contributed by atoms with Gasteiger partial charge in [-0.3, -0.25) is 5.84 Å². The Morgan fingerprint density at radius 1 is 1.21 bits per heavy atom. The van der Waals surface area contributed by atoms with E-state index < -0.39 is 0 Å².